The minimum absolute atomic E-state index is 0.0995. The van der Waals surface area contributed by atoms with E-state index < -0.39 is 28.5 Å². The Kier molecular flexibility index (Phi) is 11.2. The molecule has 12 heteroatoms. The van der Waals surface area contributed by atoms with Gasteiger partial charge >= 0.3 is 0 Å². The van der Waals surface area contributed by atoms with Gasteiger partial charge in [-0.3, -0.25) is 13.9 Å². The van der Waals surface area contributed by atoms with Gasteiger partial charge in [0.25, 0.3) is 0 Å². The van der Waals surface area contributed by atoms with Crippen LogP contribution in [0, 0.1) is 0 Å². The highest BCUT2D eigenvalue weighted by Crippen LogP contribution is 2.29. The standard InChI is InChI=1S/C24H29Cl4N3O4S/c1-5-15(3)29-24(33)22(6-2)30(13-19-20(27)8-7-9-21(19)28)23(32)14-31(36(4,34)35)18-11-16(25)10-17(26)12-18/h7-12,15,22H,5-6,13-14H2,1-4H3,(H,29,33). The first kappa shape index (κ1) is 30.5. The molecule has 0 aliphatic rings. The van der Waals surface area contributed by atoms with Gasteiger partial charge in [0, 0.05) is 38.2 Å². The van der Waals surface area contributed by atoms with Gasteiger partial charge in [-0.2, -0.15) is 0 Å². The molecule has 2 aromatic carbocycles. The SMILES string of the molecule is CCC(C)NC(=O)C(CC)N(Cc1c(Cl)cccc1Cl)C(=O)CN(c1cc(Cl)cc(Cl)c1)S(C)(=O)=O. The molecule has 1 N–H and O–H groups in total. The molecule has 2 rings (SSSR count). The number of carbonyl (C=O) groups excluding carboxylic acids is 2. The first-order valence-corrected chi connectivity index (χ1v) is 14.6. The van der Waals surface area contributed by atoms with Crippen LogP contribution in [0.1, 0.15) is 39.2 Å². The normalized spacial score (nSPS) is 13.1. The molecule has 0 heterocycles. The maximum absolute atomic E-state index is 13.7. The van der Waals surface area contributed by atoms with E-state index in [1.165, 1.54) is 23.1 Å². The third-order valence-corrected chi connectivity index (χ3v) is 7.88. The molecule has 2 aromatic rings. The maximum Gasteiger partial charge on any atom is 0.244 e. The Morgan fingerprint density at radius 1 is 0.972 bits per heavy atom. The summed E-state index contributed by atoms with van der Waals surface area (Å²) in [6.45, 7) is 4.86. The second kappa shape index (κ2) is 13.2. The van der Waals surface area contributed by atoms with Crippen LogP contribution in [0.2, 0.25) is 20.1 Å². The van der Waals surface area contributed by atoms with Gasteiger partial charge in [-0.15, -0.1) is 0 Å². The molecule has 0 aliphatic carbocycles. The number of hydrogen-bond donors (Lipinski definition) is 1. The number of hydrogen-bond acceptors (Lipinski definition) is 4. The van der Waals surface area contributed by atoms with Crippen LogP contribution >= 0.6 is 46.4 Å². The summed E-state index contributed by atoms with van der Waals surface area (Å²) in [4.78, 5) is 28.2. The molecule has 0 bridgehead atoms. The van der Waals surface area contributed by atoms with Gasteiger partial charge in [0.2, 0.25) is 21.8 Å². The predicted molar refractivity (Wildman–Crippen MR) is 148 cm³/mol. The smallest absolute Gasteiger partial charge is 0.244 e. The molecule has 0 spiro atoms. The summed E-state index contributed by atoms with van der Waals surface area (Å²) >= 11 is 24.9. The minimum Gasteiger partial charge on any atom is -0.352 e. The highest BCUT2D eigenvalue weighted by Gasteiger charge is 2.33. The van der Waals surface area contributed by atoms with Crippen LogP contribution < -0.4 is 9.62 Å². The molecule has 198 valence electrons. The molecule has 0 radical (unpaired) electrons. The Morgan fingerprint density at radius 2 is 1.53 bits per heavy atom. The monoisotopic (exact) mass is 595 g/mol. The Balaban J connectivity index is 2.53. The van der Waals surface area contributed by atoms with Crippen molar-refractivity contribution in [2.45, 2.75) is 52.2 Å². The van der Waals surface area contributed by atoms with Gasteiger partial charge in [0.05, 0.1) is 11.9 Å². The number of anilines is 1. The van der Waals surface area contributed by atoms with E-state index in [1.807, 2.05) is 13.8 Å². The second-order valence-electron chi connectivity index (χ2n) is 8.36. The summed E-state index contributed by atoms with van der Waals surface area (Å²) in [7, 11) is -3.93. The van der Waals surface area contributed by atoms with Crippen molar-refractivity contribution in [2.75, 3.05) is 17.1 Å². The summed E-state index contributed by atoms with van der Waals surface area (Å²) in [5.41, 5.74) is 0.567. The molecule has 0 aromatic heterocycles. The van der Waals surface area contributed by atoms with E-state index in [1.54, 1.807) is 25.1 Å². The zero-order valence-electron chi connectivity index (χ0n) is 20.4. The average molecular weight is 597 g/mol. The van der Waals surface area contributed by atoms with Crippen molar-refractivity contribution in [2.24, 2.45) is 0 Å². The third kappa shape index (κ3) is 8.15. The van der Waals surface area contributed by atoms with E-state index >= 15 is 0 Å². The first-order chi connectivity index (χ1) is 16.8. The van der Waals surface area contributed by atoms with Crippen LogP contribution in [0.25, 0.3) is 0 Å². The summed E-state index contributed by atoms with van der Waals surface area (Å²) in [5, 5.41) is 3.95. The van der Waals surface area contributed by atoms with Crippen LogP contribution in [0.3, 0.4) is 0 Å². The molecule has 7 nitrogen and oxygen atoms in total. The van der Waals surface area contributed by atoms with Crippen LogP contribution in [0.4, 0.5) is 5.69 Å². The highest BCUT2D eigenvalue weighted by atomic mass is 35.5. The zero-order chi connectivity index (χ0) is 27.2. The van der Waals surface area contributed by atoms with Gasteiger partial charge in [-0.05, 0) is 50.1 Å². The lowest BCUT2D eigenvalue weighted by atomic mass is 10.1. The number of nitrogens with zero attached hydrogens (tertiary/aromatic N) is 2. The fourth-order valence-electron chi connectivity index (χ4n) is 3.51. The average Bonchev–Trinajstić information content (AvgIpc) is 2.77. The number of nitrogens with one attached hydrogen (secondary N) is 1. The van der Waals surface area contributed by atoms with Crippen molar-refractivity contribution < 1.29 is 18.0 Å². The molecule has 0 saturated carbocycles. The predicted octanol–water partition coefficient (Wildman–Crippen LogP) is 5.79. The van der Waals surface area contributed by atoms with Crippen molar-refractivity contribution >= 4 is 73.9 Å². The van der Waals surface area contributed by atoms with Crippen molar-refractivity contribution in [3.63, 3.8) is 0 Å². The van der Waals surface area contributed by atoms with E-state index in [-0.39, 0.29) is 40.6 Å². The molecule has 2 unspecified atom stereocenters. The van der Waals surface area contributed by atoms with Gasteiger partial charge in [-0.1, -0.05) is 66.3 Å². The van der Waals surface area contributed by atoms with E-state index in [9.17, 15) is 18.0 Å². The number of benzene rings is 2. The largest absolute Gasteiger partial charge is 0.352 e. The lowest BCUT2D eigenvalue weighted by molar-refractivity contribution is -0.140. The Hall–Kier alpha value is -1.71. The van der Waals surface area contributed by atoms with E-state index in [0.29, 0.717) is 22.0 Å². The second-order valence-corrected chi connectivity index (χ2v) is 12.0. The van der Waals surface area contributed by atoms with Crippen molar-refractivity contribution in [1.82, 2.24) is 10.2 Å². The molecule has 2 atom stereocenters. The van der Waals surface area contributed by atoms with Crippen LogP contribution in [0.5, 0.6) is 0 Å². The summed E-state index contributed by atoms with van der Waals surface area (Å²) in [6, 6.07) is 8.14. The molecule has 2 amide bonds. The highest BCUT2D eigenvalue weighted by molar-refractivity contribution is 7.92. The van der Waals surface area contributed by atoms with Crippen LogP contribution in [-0.2, 0) is 26.2 Å². The summed E-state index contributed by atoms with van der Waals surface area (Å²) in [6.07, 6.45) is 1.94. The lowest BCUT2D eigenvalue weighted by Crippen LogP contribution is -2.53. The quantitative estimate of drug-likeness (QED) is 0.356. The van der Waals surface area contributed by atoms with Gasteiger partial charge in [0.15, 0.2) is 0 Å². The fraction of sp³-hybridized carbons (Fsp3) is 0.417. The molecular formula is C24H29Cl4N3O4S. The molecule has 0 aliphatic heterocycles. The van der Waals surface area contributed by atoms with Gasteiger partial charge in [-0.25, -0.2) is 8.42 Å². The zero-order valence-corrected chi connectivity index (χ0v) is 24.2. The summed E-state index contributed by atoms with van der Waals surface area (Å²) < 4.78 is 26.3. The van der Waals surface area contributed by atoms with Crippen molar-refractivity contribution in [3.8, 4) is 0 Å². The lowest BCUT2D eigenvalue weighted by Gasteiger charge is -2.33. The Morgan fingerprint density at radius 3 is 2.00 bits per heavy atom. The summed E-state index contributed by atoms with van der Waals surface area (Å²) in [5.74, 6) is -0.987. The number of sulfonamides is 1. The van der Waals surface area contributed by atoms with Gasteiger partial charge < -0.3 is 10.2 Å². The number of rotatable bonds is 11. The topological polar surface area (TPSA) is 86.8 Å². The number of halogens is 4. The molecular weight excluding hydrogens is 568 g/mol. The molecule has 0 saturated heterocycles. The minimum atomic E-state index is -3.93. The molecule has 36 heavy (non-hydrogen) atoms. The Labute approximate surface area is 232 Å². The van der Waals surface area contributed by atoms with E-state index in [0.717, 1.165) is 10.6 Å². The van der Waals surface area contributed by atoms with E-state index in [4.69, 9.17) is 46.4 Å². The third-order valence-electron chi connectivity index (χ3n) is 5.59. The first-order valence-electron chi connectivity index (χ1n) is 11.2. The fourth-order valence-corrected chi connectivity index (χ4v) is 5.38. The van der Waals surface area contributed by atoms with Crippen molar-refractivity contribution in [3.05, 3.63) is 62.1 Å². The molecule has 0 fully saturated rings. The van der Waals surface area contributed by atoms with Gasteiger partial charge in [0.1, 0.15) is 12.6 Å². The Bertz CT molecular complexity index is 1170. The maximum atomic E-state index is 13.7. The van der Waals surface area contributed by atoms with Crippen LogP contribution in [-0.4, -0.2) is 50.0 Å². The number of amides is 2. The van der Waals surface area contributed by atoms with E-state index in [2.05, 4.69) is 5.32 Å². The van der Waals surface area contributed by atoms with Crippen molar-refractivity contribution in [1.29, 1.82) is 0 Å². The number of carbonyl (C=O) groups is 2. The van der Waals surface area contributed by atoms with Crippen LogP contribution in [0.15, 0.2) is 36.4 Å².